The van der Waals surface area contributed by atoms with Crippen LogP contribution >= 0.6 is 0 Å². The number of H-pyrrole nitrogens is 1. The van der Waals surface area contributed by atoms with E-state index in [2.05, 4.69) is 20.4 Å². The maximum absolute atomic E-state index is 14.6. The Morgan fingerprint density at radius 1 is 1.14 bits per heavy atom. The molecule has 0 spiro atoms. The summed E-state index contributed by atoms with van der Waals surface area (Å²) in [7, 11) is -3.93. The van der Waals surface area contributed by atoms with Gasteiger partial charge in [-0.15, -0.1) is 0 Å². The number of morpholine rings is 1. The molecule has 0 unspecified atom stereocenters. The number of nitrogens with zero attached hydrogens (tertiary/aromatic N) is 4. The summed E-state index contributed by atoms with van der Waals surface area (Å²) in [6.07, 6.45) is 2.58. The van der Waals surface area contributed by atoms with Crippen molar-refractivity contribution in [1.82, 2.24) is 24.1 Å². The number of carbonyl (C=O) groups is 1. The van der Waals surface area contributed by atoms with Crippen molar-refractivity contribution in [2.24, 2.45) is 0 Å². The Kier molecular flexibility index (Phi) is 5.88. The Morgan fingerprint density at radius 3 is 2.71 bits per heavy atom. The molecule has 1 amide bonds. The lowest BCUT2D eigenvalue weighted by Crippen LogP contribution is -2.40. The highest BCUT2D eigenvalue weighted by Gasteiger charge is 2.28. The molecule has 0 atom stereocenters. The number of nitrogens with one attached hydrogen (secondary N) is 2. The Morgan fingerprint density at radius 2 is 1.91 bits per heavy atom. The molecule has 2 aromatic heterocycles. The molecule has 1 fully saturated rings. The van der Waals surface area contributed by atoms with E-state index in [0.717, 1.165) is 18.2 Å². The number of hydrogen-bond donors (Lipinski definition) is 2. The number of sulfonamides is 1. The van der Waals surface area contributed by atoms with Crippen molar-refractivity contribution in [2.75, 3.05) is 31.6 Å². The summed E-state index contributed by atoms with van der Waals surface area (Å²) < 4.78 is 48.3. The van der Waals surface area contributed by atoms with Crippen LogP contribution in [0.5, 0.6) is 0 Å². The van der Waals surface area contributed by atoms with Crippen molar-refractivity contribution in [3.63, 3.8) is 0 Å². The molecule has 35 heavy (non-hydrogen) atoms. The molecule has 1 saturated heterocycles. The van der Waals surface area contributed by atoms with Gasteiger partial charge < -0.3 is 15.0 Å². The van der Waals surface area contributed by atoms with Crippen LogP contribution in [0.2, 0.25) is 0 Å². The van der Waals surface area contributed by atoms with E-state index in [4.69, 9.17) is 4.74 Å². The number of anilines is 1. The average molecular weight is 498 g/mol. The molecule has 180 valence electrons. The van der Waals surface area contributed by atoms with E-state index in [1.165, 1.54) is 21.5 Å². The zero-order valence-electron chi connectivity index (χ0n) is 18.1. The van der Waals surface area contributed by atoms with E-state index in [1.54, 1.807) is 24.3 Å². The van der Waals surface area contributed by atoms with Gasteiger partial charge in [0.05, 0.1) is 47.6 Å². The summed E-state index contributed by atoms with van der Waals surface area (Å²) in [5, 5.41) is 7.06. The highest BCUT2D eigenvalue weighted by atomic mass is 32.2. The minimum Gasteiger partial charge on any atom is -0.379 e. The molecule has 5 rings (SSSR count). The summed E-state index contributed by atoms with van der Waals surface area (Å²) in [6.45, 7) is 0.855. The van der Waals surface area contributed by atoms with E-state index >= 15 is 0 Å². The monoisotopic (exact) mass is 498 g/mol. The van der Waals surface area contributed by atoms with Gasteiger partial charge in [-0.1, -0.05) is 12.1 Å². The smallest absolute Gasteiger partial charge is 0.261 e. The second-order valence-corrected chi connectivity index (χ2v) is 9.59. The zero-order valence-corrected chi connectivity index (χ0v) is 19.0. The van der Waals surface area contributed by atoms with E-state index in [-0.39, 0.29) is 53.5 Å². The first-order valence-electron chi connectivity index (χ1n) is 10.6. The van der Waals surface area contributed by atoms with Crippen molar-refractivity contribution in [2.45, 2.75) is 4.90 Å². The van der Waals surface area contributed by atoms with E-state index in [0.29, 0.717) is 5.69 Å². The number of hydrogen-bond acceptors (Lipinski definition) is 7. The number of amides is 1. The molecule has 11 nitrogen and oxygen atoms in total. The lowest BCUT2D eigenvalue weighted by molar-refractivity contribution is 0.0730. The lowest BCUT2D eigenvalue weighted by Gasteiger charge is -2.26. The largest absolute Gasteiger partial charge is 0.379 e. The predicted octanol–water partition coefficient (Wildman–Crippen LogP) is 1.52. The fraction of sp³-hybridized carbons (Fsp3) is 0.182. The number of para-hydroxylation sites is 2. The second-order valence-electron chi connectivity index (χ2n) is 7.65. The molecule has 2 N–H and O–H groups in total. The number of halogens is 1. The minimum atomic E-state index is -3.93. The third-order valence-corrected chi connectivity index (χ3v) is 7.44. The van der Waals surface area contributed by atoms with Gasteiger partial charge in [-0.05, 0) is 30.3 Å². The van der Waals surface area contributed by atoms with Gasteiger partial charge in [0.1, 0.15) is 11.2 Å². The van der Waals surface area contributed by atoms with Crippen molar-refractivity contribution in [3.8, 4) is 5.69 Å². The van der Waals surface area contributed by atoms with Crippen LogP contribution in [0.1, 0.15) is 10.4 Å². The number of rotatable bonds is 5. The topological polar surface area (TPSA) is 139 Å². The van der Waals surface area contributed by atoms with Crippen LogP contribution in [-0.2, 0) is 14.8 Å². The number of ether oxygens (including phenoxy) is 1. The molecular weight excluding hydrogens is 479 g/mol. The third-order valence-electron chi connectivity index (χ3n) is 5.54. The molecule has 0 saturated carbocycles. The Labute approximate surface area is 198 Å². The number of aromatic nitrogens is 4. The first-order chi connectivity index (χ1) is 16.9. The number of benzene rings is 2. The highest BCUT2D eigenvalue weighted by molar-refractivity contribution is 7.89. The van der Waals surface area contributed by atoms with E-state index < -0.39 is 27.3 Å². The first kappa shape index (κ1) is 22.8. The minimum absolute atomic E-state index is 0.170. The normalized spacial score (nSPS) is 14.8. The van der Waals surface area contributed by atoms with Gasteiger partial charge >= 0.3 is 0 Å². The van der Waals surface area contributed by atoms with Gasteiger partial charge in [-0.2, -0.15) is 9.40 Å². The van der Waals surface area contributed by atoms with E-state index in [1.807, 2.05) is 0 Å². The average Bonchev–Trinajstić information content (AvgIpc) is 3.30. The van der Waals surface area contributed by atoms with Crippen LogP contribution in [0.4, 0.5) is 10.1 Å². The second kappa shape index (κ2) is 9.02. The maximum atomic E-state index is 14.6. The lowest BCUT2D eigenvalue weighted by atomic mass is 10.2. The summed E-state index contributed by atoms with van der Waals surface area (Å²) >= 11 is 0. The molecule has 0 bridgehead atoms. The van der Waals surface area contributed by atoms with Crippen molar-refractivity contribution < 1.29 is 22.3 Å². The quantitative estimate of drug-likeness (QED) is 0.425. The Hall–Kier alpha value is -3.94. The predicted molar refractivity (Wildman–Crippen MR) is 123 cm³/mol. The van der Waals surface area contributed by atoms with Gasteiger partial charge in [0.25, 0.3) is 11.5 Å². The highest BCUT2D eigenvalue weighted by Crippen LogP contribution is 2.25. The van der Waals surface area contributed by atoms with Crippen LogP contribution in [0.15, 0.2) is 64.7 Å². The van der Waals surface area contributed by atoms with Crippen LogP contribution in [-0.4, -0.2) is 64.7 Å². The maximum Gasteiger partial charge on any atom is 0.261 e. The summed E-state index contributed by atoms with van der Waals surface area (Å²) in [5.74, 6) is -1.73. The van der Waals surface area contributed by atoms with Gasteiger partial charge in [0.2, 0.25) is 10.0 Å². The molecule has 3 heterocycles. The van der Waals surface area contributed by atoms with E-state index in [9.17, 15) is 22.4 Å². The van der Waals surface area contributed by atoms with Crippen LogP contribution in [0.3, 0.4) is 0 Å². The van der Waals surface area contributed by atoms with Gasteiger partial charge in [-0.3, -0.25) is 9.59 Å². The van der Waals surface area contributed by atoms with Gasteiger partial charge in [0, 0.05) is 13.1 Å². The van der Waals surface area contributed by atoms with Crippen molar-refractivity contribution in [3.05, 3.63) is 76.7 Å². The standard InChI is InChI=1S/C22H19FN6O5S/c23-17-6-5-14(35(32,33)28-7-9-34-10-8-28)11-15(17)22(31)27-18-3-1-2-4-19(18)29-20-16(12-26-29)21(30)25-13-24-20/h1-6,11-13H,7-10H2,(H,27,31)(H,24,25,30). The molecule has 0 aliphatic carbocycles. The number of fused-ring (bicyclic) bond motifs is 1. The first-order valence-corrected chi connectivity index (χ1v) is 12.0. The molecule has 4 aromatic rings. The summed E-state index contributed by atoms with van der Waals surface area (Å²) in [6, 6.07) is 9.65. The Balaban J connectivity index is 1.49. The van der Waals surface area contributed by atoms with Crippen molar-refractivity contribution >= 4 is 32.7 Å². The molecule has 0 radical (unpaired) electrons. The van der Waals surface area contributed by atoms with Crippen LogP contribution in [0, 0.1) is 5.82 Å². The van der Waals surface area contributed by atoms with Crippen LogP contribution in [0.25, 0.3) is 16.7 Å². The van der Waals surface area contributed by atoms with Crippen molar-refractivity contribution in [1.29, 1.82) is 0 Å². The summed E-state index contributed by atoms with van der Waals surface area (Å²) in [4.78, 5) is 31.5. The summed E-state index contributed by atoms with van der Waals surface area (Å²) in [5.41, 5.74) is 0.0919. The molecule has 1 aliphatic rings. The van der Waals surface area contributed by atoms with Crippen LogP contribution < -0.4 is 10.9 Å². The van der Waals surface area contributed by atoms with Gasteiger partial charge in [0.15, 0.2) is 5.65 Å². The SMILES string of the molecule is O=C(Nc1ccccc1-n1ncc2c(=O)[nH]cnc21)c1cc(S(=O)(=O)N2CCOCC2)ccc1F. The number of carbonyl (C=O) groups excluding carboxylic acids is 1. The molecule has 2 aromatic carbocycles. The fourth-order valence-electron chi connectivity index (χ4n) is 3.76. The number of aromatic amines is 1. The molecular formula is C22H19FN6O5S. The zero-order chi connectivity index (χ0) is 24.6. The Bertz CT molecular complexity index is 1590. The van der Waals surface area contributed by atoms with Gasteiger partial charge in [-0.25, -0.2) is 22.5 Å². The molecule has 1 aliphatic heterocycles. The third kappa shape index (κ3) is 4.20. The molecule has 13 heteroatoms. The fourth-order valence-corrected chi connectivity index (χ4v) is 5.20.